The van der Waals surface area contributed by atoms with E-state index in [2.05, 4.69) is 10.5 Å². The molecule has 0 aliphatic rings. The summed E-state index contributed by atoms with van der Waals surface area (Å²) >= 11 is 1.53. The lowest BCUT2D eigenvalue weighted by molar-refractivity contribution is 0.101. The van der Waals surface area contributed by atoms with Crippen molar-refractivity contribution in [2.45, 2.75) is 6.42 Å². The van der Waals surface area contributed by atoms with E-state index >= 15 is 0 Å². The molecule has 0 radical (unpaired) electrons. The number of aliphatic hydroxyl groups is 1. The maximum Gasteiger partial charge on any atom is 0.277 e. The van der Waals surface area contributed by atoms with Gasteiger partial charge in [0.1, 0.15) is 0 Å². The summed E-state index contributed by atoms with van der Waals surface area (Å²) in [5.41, 5.74) is 1.93. The summed E-state index contributed by atoms with van der Waals surface area (Å²) in [6, 6.07) is 12.8. The highest BCUT2D eigenvalue weighted by molar-refractivity contribution is 7.13. The van der Waals surface area contributed by atoms with Crippen molar-refractivity contribution < 1.29 is 14.4 Å². The molecule has 5 nitrogen and oxygen atoms in total. The van der Waals surface area contributed by atoms with Crippen molar-refractivity contribution in [1.82, 2.24) is 5.16 Å². The number of thiophene rings is 1. The molecule has 0 atom stereocenters. The molecule has 0 unspecified atom stereocenters. The molecule has 0 saturated heterocycles. The predicted molar refractivity (Wildman–Crippen MR) is 85.0 cm³/mol. The van der Waals surface area contributed by atoms with Crippen LogP contribution in [0.15, 0.2) is 52.4 Å². The minimum Gasteiger partial charge on any atom is -0.396 e. The van der Waals surface area contributed by atoms with E-state index in [1.807, 2.05) is 29.6 Å². The standard InChI is InChI=1S/C16H14N2O3S/c19-8-7-11-3-5-12(6-4-11)17-16(20)13-10-14(21-18-13)15-2-1-9-22-15/h1-6,9-10,19H,7-8H2,(H,17,20). The Morgan fingerprint density at radius 2 is 2.09 bits per heavy atom. The number of aliphatic hydroxyl groups excluding tert-OH is 1. The van der Waals surface area contributed by atoms with Crippen molar-refractivity contribution in [3.8, 4) is 10.6 Å². The Bertz CT molecular complexity index is 748. The summed E-state index contributed by atoms with van der Waals surface area (Å²) in [6.07, 6.45) is 0.599. The number of carbonyl (C=O) groups is 1. The van der Waals surface area contributed by atoms with Crippen LogP contribution in [0.4, 0.5) is 5.69 Å². The van der Waals surface area contributed by atoms with E-state index in [4.69, 9.17) is 9.63 Å². The number of nitrogens with zero attached hydrogens (tertiary/aromatic N) is 1. The maximum absolute atomic E-state index is 12.1. The molecule has 0 aliphatic carbocycles. The summed E-state index contributed by atoms with van der Waals surface area (Å²) < 4.78 is 5.19. The highest BCUT2D eigenvalue weighted by Crippen LogP contribution is 2.25. The topological polar surface area (TPSA) is 75.4 Å². The normalized spacial score (nSPS) is 10.6. The third-order valence-electron chi connectivity index (χ3n) is 3.12. The predicted octanol–water partition coefficient (Wildman–Crippen LogP) is 3.19. The maximum atomic E-state index is 12.1. The molecule has 0 bridgehead atoms. The molecule has 0 fully saturated rings. The van der Waals surface area contributed by atoms with Gasteiger partial charge in [0.2, 0.25) is 0 Å². The lowest BCUT2D eigenvalue weighted by Gasteiger charge is -2.04. The van der Waals surface area contributed by atoms with Crippen LogP contribution in [-0.2, 0) is 6.42 Å². The average molecular weight is 314 g/mol. The Hall–Kier alpha value is -2.44. The second kappa shape index (κ2) is 6.55. The minimum atomic E-state index is -0.318. The number of hydrogen-bond acceptors (Lipinski definition) is 5. The molecule has 1 aromatic carbocycles. The molecule has 3 rings (SSSR count). The van der Waals surface area contributed by atoms with Crippen LogP contribution >= 0.6 is 11.3 Å². The van der Waals surface area contributed by atoms with E-state index in [-0.39, 0.29) is 18.2 Å². The van der Waals surface area contributed by atoms with E-state index < -0.39 is 0 Å². The van der Waals surface area contributed by atoms with Gasteiger partial charge in [-0.2, -0.15) is 0 Å². The van der Waals surface area contributed by atoms with E-state index in [9.17, 15) is 4.79 Å². The first-order chi connectivity index (χ1) is 10.8. The third-order valence-corrected chi connectivity index (χ3v) is 4.00. The molecule has 0 saturated carbocycles. The zero-order valence-electron chi connectivity index (χ0n) is 11.7. The Morgan fingerprint density at radius 3 is 2.77 bits per heavy atom. The van der Waals surface area contributed by atoms with Crippen molar-refractivity contribution in [2.24, 2.45) is 0 Å². The van der Waals surface area contributed by atoms with Crippen molar-refractivity contribution >= 4 is 22.9 Å². The third kappa shape index (κ3) is 3.24. The summed E-state index contributed by atoms with van der Waals surface area (Å²) in [6.45, 7) is 0.107. The molecule has 0 spiro atoms. The largest absolute Gasteiger partial charge is 0.396 e. The highest BCUT2D eigenvalue weighted by atomic mass is 32.1. The summed E-state index contributed by atoms with van der Waals surface area (Å²) in [5, 5.41) is 17.4. The summed E-state index contributed by atoms with van der Waals surface area (Å²) in [4.78, 5) is 13.1. The zero-order valence-corrected chi connectivity index (χ0v) is 12.5. The van der Waals surface area contributed by atoms with Gasteiger partial charge in [0.15, 0.2) is 11.5 Å². The first-order valence-electron chi connectivity index (χ1n) is 6.78. The molecule has 6 heteroatoms. The first kappa shape index (κ1) is 14.5. The number of anilines is 1. The van der Waals surface area contributed by atoms with Gasteiger partial charge in [0, 0.05) is 18.4 Å². The highest BCUT2D eigenvalue weighted by Gasteiger charge is 2.14. The van der Waals surface area contributed by atoms with Gasteiger partial charge in [-0.15, -0.1) is 11.3 Å². The lowest BCUT2D eigenvalue weighted by atomic mass is 10.1. The van der Waals surface area contributed by atoms with Gasteiger partial charge in [0.05, 0.1) is 4.88 Å². The number of nitrogens with one attached hydrogen (secondary N) is 1. The van der Waals surface area contributed by atoms with Crippen LogP contribution in [0.5, 0.6) is 0 Å². The molecular formula is C16H14N2O3S. The van der Waals surface area contributed by atoms with Gasteiger partial charge in [-0.05, 0) is 35.6 Å². The Morgan fingerprint density at radius 1 is 1.27 bits per heavy atom. The average Bonchev–Trinajstić information content (AvgIpc) is 3.20. The number of carbonyl (C=O) groups excluding carboxylic acids is 1. The van der Waals surface area contributed by atoms with Crippen molar-refractivity contribution in [3.05, 3.63) is 59.1 Å². The smallest absolute Gasteiger partial charge is 0.277 e. The van der Waals surface area contributed by atoms with Crippen LogP contribution < -0.4 is 5.32 Å². The van der Waals surface area contributed by atoms with Gasteiger partial charge < -0.3 is 14.9 Å². The number of aromatic nitrogens is 1. The molecule has 112 valence electrons. The fourth-order valence-corrected chi connectivity index (χ4v) is 2.67. The van der Waals surface area contributed by atoms with Crippen molar-refractivity contribution in [2.75, 3.05) is 11.9 Å². The van der Waals surface area contributed by atoms with Crippen LogP contribution in [0, 0.1) is 0 Å². The number of amides is 1. The zero-order chi connectivity index (χ0) is 15.4. The van der Waals surface area contributed by atoms with Gasteiger partial charge in [0.25, 0.3) is 5.91 Å². The SMILES string of the molecule is O=C(Nc1ccc(CCO)cc1)c1cc(-c2cccs2)on1. The molecule has 2 aromatic heterocycles. The van der Waals surface area contributed by atoms with E-state index in [0.717, 1.165) is 10.4 Å². The quantitative estimate of drug-likeness (QED) is 0.758. The first-order valence-corrected chi connectivity index (χ1v) is 7.66. The fourth-order valence-electron chi connectivity index (χ4n) is 2.00. The monoisotopic (exact) mass is 314 g/mol. The molecule has 2 N–H and O–H groups in total. The second-order valence-corrected chi connectivity index (χ2v) is 5.63. The van der Waals surface area contributed by atoms with Crippen LogP contribution in [0.1, 0.15) is 16.1 Å². The van der Waals surface area contributed by atoms with Crippen molar-refractivity contribution in [3.63, 3.8) is 0 Å². The molecule has 1 amide bonds. The Kier molecular flexibility index (Phi) is 4.32. The van der Waals surface area contributed by atoms with E-state index in [0.29, 0.717) is 17.9 Å². The molecule has 22 heavy (non-hydrogen) atoms. The fraction of sp³-hybridized carbons (Fsp3) is 0.125. The van der Waals surface area contributed by atoms with Gasteiger partial charge in [-0.1, -0.05) is 23.4 Å². The van der Waals surface area contributed by atoms with Gasteiger partial charge in [-0.25, -0.2) is 0 Å². The van der Waals surface area contributed by atoms with Crippen LogP contribution in [0.2, 0.25) is 0 Å². The van der Waals surface area contributed by atoms with Crippen LogP contribution in [0.3, 0.4) is 0 Å². The number of rotatable bonds is 5. The van der Waals surface area contributed by atoms with Crippen molar-refractivity contribution in [1.29, 1.82) is 0 Å². The molecule has 2 heterocycles. The van der Waals surface area contributed by atoms with Gasteiger partial charge in [-0.3, -0.25) is 4.79 Å². The second-order valence-electron chi connectivity index (χ2n) is 4.68. The van der Waals surface area contributed by atoms with Crippen LogP contribution in [0.25, 0.3) is 10.6 Å². The van der Waals surface area contributed by atoms with E-state index in [1.54, 1.807) is 18.2 Å². The van der Waals surface area contributed by atoms with Gasteiger partial charge >= 0.3 is 0 Å². The van der Waals surface area contributed by atoms with E-state index in [1.165, 1.54) is 11.3 Å². The molecule has 3 aromatic rings. The Labute approximate surface area is 131 Å². The minimum absolute atomic E-state index is 0.107. The summed E-state index contributed by atoms with van der Waals surface area (Å²) in [5.74, 6) is 0.264. The Balaban J connectivity index is 1.69. The summed E-state index contributed by atoms with van der Waals surface area (Å²) in [7, 11) is 0. The number of hydrogen-bond donors (Lipinski definition) is 2. The lowest BCUT2D eigenvalue weighted by Crippen LogP contribution is -2.12. The van der Waals surface area contributed by atoms with Crippen LogP contribution in [-0.4, -0.2) is 22.8 Å². The number of benzene rings is 1. The molecular weight excluding hydrogens is 300 g/mol. The molecule has 0 aliphatic heterocycles.